The summed E-state index contributed by atoms with van der Waals surface area (Å²) in [5, 5.41) is 3.21. The third-order valence-corrected chi connectivity index (χ3v) is 5.19. The lowest BCUT2D eigenvalue weighted by Gasteiger charge is -2.40. The number of carbonyl (C=O) groups excluding carboxylic acids is 1. The van der Waals surface area contributed by atoms with Gasteiger partial charge in [-0.05, 0) is 51.3 Å². The normalized spacial score (nSPS) is 25.4. The van der Waals surface area contributed by atoms with E-state index in [0.29, 0.717) is 0 Å². The molecule has 4 heteroatoms. The standard InChI is InChI=1S/C16H27N3O/c1-13(14-11-17-12-14)16(20)19-9-5-15(6-10-19)18-7-3-2-4-8-18/h15,17H,2-12H2,1H3. The van der Waals surface area contributed by atoms with E-state index in [0.717, 1.165) is 50.6 Å². The Bertz CT molecular complexity index is 385. The minimum absolute atomic E-state index is 0.276. The Morgan fingerprint density at radius 3 is 2.25 bits per heavy atom. The van der Waals surface area contributed by atoms with Gasteiger partial charge < -0.3 is 15.1 Å². The van der Waals surface area contributed by atoms with Crippen LogP contribution < -0.4 is 5.32 Å². The quantitative estimate of drug-likeness (QED) is 0.775. The topological polar surface area (TPSA) is 35.6 Å². The van der Waals surface area contributed by atoms with E-state index in [2.05, 4.69) is 15.1 Å². The first-order chi connectivity index (χ1) is 9.75. The van der Waals surface area contributed by atoms with Gasteiger partial charge in [0.25, 0.3) is 0 Å². The summed E-state index contributed by atoms with van der Waals surface area (Å²) in [6.45, 7) is 8.23. The first-order valence-corrected chi connectivity index (χ1v) is 8.18. The van der Waals surface area contributed by atoms with Crippen molar-refractivity contribution in [2.24, 2.45) is 0 Å². The van der Waals surface area contributed by atoms with Gasteiger partial charge in [0.15, 0.2) is 0 Å². The van der Waals surface area contributed by atoms with E-state index >= 15 is 0 Å². The molecule has 0 aromatic heterocycles. The SMILES string of the molecule is CC(C(=O)N1CCC(N2CCCCC2)CC1)=C1CNC1. The fourth-order valence-electron chi connectivity index (χ4n) is 3.62. The molecule has 3 saturated heterocycles. The summed E-state index contributed by atoms with van der Waals surface area (Å²) in [5.74, 6) is 0.276. The molecule has 3 fully saturated rings. The van der Waals surface area contributed by atoms with Crippen LogP contribution in [-0.2, 0) is 4.79 Å². The van der Waals surface area contributed by atoms with Crippen LogP contribution >= 0.6 is 0 Å². The summed E-state index contributed by atoms with van der Waals surface area (Å²) in [4.78, 5) is 17.2. The van der Waals surface area contributed by atoms with Gasteiger partial charge in [-0.3, -0.25) is 4.79 Å². The molecule has 3 rings (SSSR count). The highest BCUT2D eigenvalue weighted by Crippen LogP contribution is 2.22. The average molecular weight is 277 g/mol. The van der Waals surface area contributed by atoms with Crippen LogP contribution in [-0.4, -0.2) is 61.0 Å². The minimum atomic E-state index is 0.276. The van der Waals surface area contributed by atoms with Gasteiger partial charge in [-0.25, -0.2) is 0 Å². The molecule has 0 radical (unpaired) electrons. The molecule has 4 nitrogen and oxygen atoms in total. The van der Waals surface area contributed by atoms with E-state index in [1.165, 1.54) is 37.9 Å². The van der Waals surface area contributed by atoms with Gasteiger partial charge in [0, 0.05) is 37.8 Å². The van der Waals surface area contributed by atoms with Gasteiger partial charge in [-0.2, -0.15) is 0 Å². The summed E-state index contributed by atoms with van der Waals surface area (Å²) < 4.78 is 0. The van der Waals surface area contributed by atoms with Crippen molar-refractivity contribution in [1.82, 2.24) is 15.1 Å². The van der Waals surface area contributed by atoms with Crippen molar-refractivity contribution in [2.45, 2.75) is 45.1 Å². The summed E-state index contributed by atoms with van der Waals surface area (Å²) in [6, 6.07) is 0.720. The fourth-order valence-corrected chi connectivity index (χ4v) is 3.62. The Balaban J connectivity index is 1.51. The maximum Gasteiger partial charge on any atom is 0.249 e. The third kappa shape index (κ3) is 2.91. The Kier molecular flexibility index (Phi) is 4.41. The van der Waals surface area contributed by atoms with Crippen molar-refractivity contribution in [1.29, 1.82) is 0 Å². The van der Waals surface area contributed by atoms with Crippen LogP contribution in [0, 0.1) is 0 Å². The van der Waals surface area contributed by atoms with E-state index in [-0.39, 0.29) is 5.91 Å². The molecule has 3 aliphatic rings. The zero-order chi connectivity index (χ0) is 13.9. The molecule has 0 aromatic rings. The van der Waals surface area contributed by atoms with Gasteiger partial charge in [0.2, 0.25) is 5.91 Å². The second kappa shape index (κ2) is 6.27. The van der Waals surface area contributed by atoms with Gasteiger partial charge in [-0.1, -0.05) is 6.42 Å². The number of hydrogen-bond donors (Lipinski definition) is 1. The van der Waals surface area contributed by atoms with E-state index < -0.39 is 0 Å². The maximum absolute atomic E-state index is 12.4. The molecular formula is C16H27N3O. The number of hydrogen-bond acceptors (Lipinski definition) is 3. The molecule has 20 heavy (non-hydrogen) atoms. The number of carbonyl (C=O) groups is 1. The molecule has 0 aliphatic carbocycles. The lowest BCUT2D eigenvalue weighted by molar-refractivity contribution is -0.128. The van der Waals surface area contributed by atoms with Crippen LogP contribution in [0.1, 0.15) is 39.0 Å². The van der Waals surface area contributed by atoms with Crippen molar-refractivity contribution in [2.75, 3.05) is 39.3 Å². The van der Waals surface area contributed by atoms with Crippen LogP contribution in [0.4, 0.5) is 0 Å². The van der Waals surface area contributed by atoms with Crippen molar-refractivity contribution in [3.05, 3.63) is 11.1 Å². The number of likely N-dealkylation sites (tertiary alicyclic amines) is 2. The highest BCUT2D eigenvalue weighted by atomic mass is 16.2. The molecule has 0 unspecified atom stereocenters. The highest BCUT2D eigenvalue weighted by molar-refractivity contribution is 5.94. The molecule has 0 spiro atoms. The number of amides is 1. The molecule has 1 N–H and O–H groups in total. The second-order valence-corrected chi connectivity index (χ2v) is 6.45. The van der Waals surface area contributed by atoms with E-state index in [4.69, 9.17) is 0 Å². The molecule has 0 saturated carbocycles. The van der Waals surface area contributed by atoms with Gasteiger partial charge in [-0.15, -0.1) is 0 Å². The molecule has 0 aromatic carbocycles. The Morgan fingerprint density at radius 2 is 1.70 bits per heavy atom. The van der Waals surface area contributed by atoms with Crippen LogP contribution in [0.3, 0.4) is 0 Å². The minimum Gasteiger partial charge on any atom is -0.339 e. The Morgan fingerprint density at radius 1 is 1.05 bits per heavy atom. The molecule has 0 bridgehead atoms. The van der Waals surface area contributed by atoms with E-state index in [1.807, 2.05) is 6.92 Å². The zero-order valence-electron chi connectivity index (χ0n) is 12.7. The predicted octanol–water partition coefficient (Wildman–Crippen LogP) is 1.38. The number of nitrogens with zero attached hydrogens (tertiary/aromatic N) is 2. The highest BCUT2D eigenvalue weighted by Gasteiger charge is 2.29. The molecule has 112 valence electrons. The van der Waals surface area contributed by atoms with Crippen molar-refractivity contribution >= 4 is 5.91 Å². The van der Waals surface area contributed by atoms with Crippen LogP contribution in [0.25, 0.3) is 0 Å². The van der Waals surface area contributed by atoms with Gasteiger partial charge in [0.05, 0.1) is 0 Å². The lowest BCUT2D eigenvalue weighted by atomic mass is 9.98. The summed E-state index contributed by atoms with van der Waals surface area (Å²) >= 11 is 0. The lowest BCUT2D eigenvalue weighted by Crippen LogP contribution is -2.48. The number of piperidine rings is 2. The molecule has 1 amide bonds. The van der Waals surface area contributed by atoms with Gasteiger partial charge >= 0.3 is 0 Å². The largest absolute Gasteiger partial charge is 0.339 e. The molecule has 0 atom stereocenters. The van der Waals surface area contributed by atoms with E-state index in [1.54, 1.807) is 0 Å². The first-order valence-electron chi connectivity index (χ1n) is 8.18. The second-order valence-electron chi connectivity index (χ2n) is 6.45. The van der Waals surface area contributed by atoms with E-state index in [9.17, 15) is 4.79 Å². The zero-order valence-corrected chi connectivity index (χ0v) is 12.7. The molecule has 3 aliphatic heterocycles. The van der Waals surface area contributed by atoms with Crippen LogP contribution in [0.2, 0.25) is 0 Å². The monoisotopic (exact) mass is 277 g/mol. The van der Waals surface area contributed by atoms with Crippen molar-refractivity contribution in [3.63, 3.8) is 0 Å². The predicted molar refractivity (Wildman–Crippen MR) is 80.6 cm³/mol. The Hall–Kier alpha value is -0.870. The third-order valence-electron chi connectivity index (χ3n) is 5.19. The maximum atomic E-state index is 12.4. The summed E-state index contributed by atoms with van der Waals surface area (Å²) in [5.41, 5.74) is 2.29. The molecule has 3 heterocycles. The Labute approximate surface area is 122 Å². The van der Waals surface area contributed by atoms with Crippen LogP contribution in [0.5, 0.6) is 0 Å². The van der Waals surface area contributed by atoms with Crippen molar-refractivity contribution in [3.8, 4) is 0 Å². The fraction of sp³-hybridized carbons (Fsp3) is 0.812. The average Bonchev–Trinajstić information content (AvgIpc) is 2.46. The van der Waals surface area contributed by atoms with Crippen LogP contribution in [0.15, 0.2) is 11.1 Å². The molecular weight excluding hydrogens is 250 g/mol. The van der Waals surface area contributed by atoms with Gasteiger partial charge in [0.1, 0.15) is 0 Å². The number of nitrogens with one attached hydrogen (secondary N) is 1. The summed E-state index contributed by atoms with van der Waals surface area (Å²) in [7, 11) is 0. The first kappa shape index (κ1) is 14.1. The summed E-state index contributed by atoms with van der Waals surface area (Å²) in [6.07, 6.45) is 6.43. The van der Waals surface area contributed by atoms with Crippen molar-refractivity contribution < 1.29 is 4.79 Å². The number of rotatable bonds is 2. The smallest absolute Gasteiger partial charge is 0.249 e.